The van der Waals surface area contributed by atoms with E-state index in [1.54, 1.807) is 12.4 Å². The topological polar surface area (TPSA) is 65.7 Å². The van der Waals surface area contributed by atoms with Crippen molar-refractivity contribution < 1.29 is 17.9 Å². The Morgan fingerprint density at radius 1 is 1.03 bits per heavy atom. The summed E-state index contributed by atoms with van der Waals surface area (Å²) >= 11 is 0. The molecule has 0 aliphatic heterocycles. The molecular weight excluding hydrogens is 407 g/mol. The first kappa shape index (κ1) is 20.8. The highest BCUT2D eigenvalue weighted by molar-refractivity contribution is 5.88. The summed E-state index contributed by atoms with van der Waals surface area (Å²) in [4.78, 5) is 4.71. The molecule has 1 aromatic carbocycles. The summed E-state index contributed by atoms with van der Waals surface area (Å²) in [5.74, 6) is 0.438. The van der Waals surface area contributed by atoms with Crippen LogP contribution in [0.4, 0.5) is 13.2 Å². The minimum atomic E-state index is -4.16. The quantitative estimate of drug-likeness (QED) is 0.422. The molecule has 0 aliphatic carbocycles. The maximum atomic E-state index is 12.4. The molecule has 0 saturated heterocycles. The average Bonchev–Trinajstić information content (AvgIpc) is 3.20. The predicted octanol–water partition coefficient (Wildman–Crippen LogP) is 5.21. The predicted molar refractivity (Wildman–Crippen MR) is 111 cm³/mol. The van der Waals surface area contributed by atoms with Gasteiger partial charge in [-0.3, -0.25) is 9.67 Å². The number of benzene rings is 1. The molecule has 9 heteroatoms. The normalized spacial score (nSPS) is 11.8. The minimum Gasteiger partial charge on any atom is -0.480 e. The zero-order valence-corrected chi connectivity index (χ0v) is 17.0. The summed E-state index contributed by atoms with van der Waals surface area (Å²) in [6.45, 7) is 2.10. The molecule has 0 atom stereocenters. The molecule has 3 heterocycles. The largest absolute Gasteiger partial charge is 0.480 e. The van der Waals surface area contributed by atoms with Crippen LogP contribution in [-0.2, 0) is 6.54 Å². The molecule has 4 aromatic rings. The molecule has 0 bridgehead atoms. The van der Waals surface area contributed by atoms with Crippen molar-refractivity contribution >= 4 is 10.9 Å². The Bertz CT molecular complexity index is 1220. The summed E-state index contributed by atoms with van der Waals surface area (Å²) < 4.78 is 43.9. The molecule has 0 fully saturated rings. The van der Waals surface area contributed by atoms with Gasteiger partial charge in [-0.1, -0.05) is 18.2 Å². The van der Waals surface area contributed by atoms with Gasteiger partial charge in [-0.05, 0) is 25.5 Å². The van der Waals surface area contributed by atoms with Crippen molar-refractivity contribution in [3.63, 3.8) is 0 Å². The van der Waals surface area contributed by atoms with Crippen molar-refractivity contribution in [2.24, 2.45) is 0 Å². The van der Waals surface area contributed by atoms with Gasteiger partial charge in [0, 0.05) is 53.0 Å². The fourth-order valence-corrected chi connectivity index (χ4v) is 3.34. The van der Waals surface area contributed by atoms with Gasteiger partial charge >= 0.3 is 6.18 Å². The van der Waals surface area contributed by atoms with E-state index in [0.29, 0.717) is 11.4 Å². The van der Waals surface area contributed by atoms with Crippen LogP contribution in [0, 0.1) is 6.92 Å². The van der Waals surface area contributed by atoms with E-state index in [-0.39, 0.29) is 13.0 Å². The molecule has 0 aliphatic rings. The molecule has 0 saturated carbocycles. The maximum Gasteiger partial charge on any atom is 0.389 e. The van der Waals surface area contributed by atoms with Gasteiger partial charge in [0.05, 0.1) is 24.5 Å². The number of halogens is 3. The van der Waals surface area contributed by atoms with Gasteiger partial charge in [0.15, 0.2) is 0 Å². The second kappa shape index (κ2) is 8.33. The highest BCUT2D eigenvalue weighted by Crippen LogP contribution is 2.32. The zero-order valence-electron chi connectivity index (χ0n) is 17.0. The fourth-order valence-electron chi connectivity index (χ4n) is 3.34. The number of pyridine rings is 1. The van der Waals surface area contributed by atoms with Crippen molar-refractivity contribution in [2.75, 3.05) is 7.11 Å². The summed E-state index contributed by atoms with van der Waals surface area (Å²) in [6.07, 6.45) is -1.61. The monoisotopic (exact) mass is 427 g/mol. The number of fused-ring (bicyclic) bond motifs is 1. The van der Waals surface area contributed by atoms with Crippen molar-refractivity contribution in [1.29, 1.82) is 0 Å². The van der Waals surface area contributed by atoms with Crippen molar-refractivity contribution in [2.45, 2.75) is 32.5 Å². The van der Waals surface area contributed by atoms with Gasteiger partial charge in [-0.2, -0.15) is 18.3 Å². The lowest BCUT2D eigenvalue weighted by molar-refractivity contribution is -0.136. The maximum absolute atomic E-state index is 12.4. The molecular formula is C22H20F3N5O. The van der Waals surface area contributed by atoms with Crippen molar-refractivity contribution in [3.8, 4) is 28.3 Å². The second-order valence-corrected chi connectivity index (χ2v) is 7.22. The second-order valence-electron chi connectivity index (χ2n) is 7.22. The van der Waals surface area contributed by atoms with Gasteiger partial charge in [-0.25, -0.2) is 0 Å². The molecule has 0 amide bonds. The first-order chi connectivity index (χ1) is 14.8. The molecule has 0 unspecified atom stereocenters. The van der Waals surface area contributed by atoms with Crippen LogP contribution in [0.25, 0.3) is 33.3 Å². The Kier molecular flexibility index (Phi) is 5.58. The number of aryl methyl sites for hydroxylation is 2. The third kappa shape index (κ3) is 4.82. The number of hydrogen-bond donors (Lipinski definition) is 0. The lowest BCUT2D eigenvalue weighted by Crippen LogP contribution is -2.09. The standard InChI is InChI=1S/C22H20F3N5O/c1-14-4-7-18(17-12-26-30(13-17)9-3-8-22(23,24)25)21(27-14)16-6-5-15-11-20(31-2)29-28-19(15)10-16/h4-7,10-13H,3,8-9H2,1-2H3. The van der Waals surface area contributed by atoms with Gasteiger partial charge in [0.2, 0.25) is 5.88 Å². The Morgan fingerprint density at radius 3 is 2.65 bits per heavy atom. The molecule has 0 radical (unpaired) electrons. The number of alkyl halides is 3. The van der Waals surface area contributed by atoms with E-state index in [4.69, 9.17) is 9.72 Å². The van der Waals surface area contributed by atoms with Crippen molar-refractivity contribution in [1.82, 2.24) is 25.0 Å². The van der Waals surface area contributed by atoms with Crippen molar-refractivity contribution in [3.05, 3.63) is 54.5 Å². The van der Waals surface area contributed by atoms with Crippen LogP contribution in [0.2, 0.25) is 0 Å². The third-order valence-corrected chi connectivity index (χ3v) is 4.87. The van der Waals surface area contributed by atoms with E-state index in [1.807, 2.05) is 43.3 Å². The van der Waals surface area contributed by atoms with E-state index < -0.39 is 12.6 Å². The van der Waals surface area contributed by atoms with E-state index >= 15 is 0 Å². The highest BCUT2D eigenvalue weighted by atomic mass is 19.4. The lowest BCUT2D eigenvalue weighted by atomic mass is 10.00. The average molecular weight is 427 g/mol. The molecule has 4 rings (SSSR count). The first-order valence-electron chi connectivity index (χ1n) is 9.71. The number of ether oxygens (including phenoxy) is 1. The van der Waals surface area contributed by atoms with Crippen LogP contribution in [0.1, 0.15) is 18.5 Å². The number of methoxy groups -OCH3 is 1. The van der Waals surface area contributed by atoms with Crippen LogP contribution < -0.4 is 4.74 Å². The Balaban J connectivity index is 1.66. The van der Waals surface area contributed by atoms with Gasteiger partial charge in [0.25, 0.3) is 0 Å². The summed E-state index contributed by atoms with van der Waals surface area (Å²) in [7, 11) is 1.54. The SMILES string of the molecule is COc1cc2ccc(-c3nc(C)ccc3-c3cnn(CCCC(F)(F)F)c3)cc2nn1. The number of hydrogen-bond acceptors (Lipinski definition) is 5. The Morgan fingerprint density at radius 2 is 1.87 bits per heavy atom. The summed E-state index contributed by atoms with van der Waals surface area (Å²) in [6, 6.07) is 11.4. The lowest BCUT2D eigenvalue weighted by Gasteiger charge is -2.10. The summed E-state index contributed by atoms with van der Waals surface area (Å²) in [5, 5.41) is 13.3. The first-order valence-corrected chi connectivity index (χ1v) is 9.71. The van der Waals surface area contributed by atoms with E-state index in [2.05, 4.69) is 15.3 Å². The molecule has 3 aromatic heterocycles. The minimum absolute atomic E-state index is 0.0174. The smallest absolute Gasteiger partial charge is 0.389 e. The number of aromatic nitrogens is 5. The summed E-state index contributed by atoms with van der Waals surface area (Å²) in [5.41, 5.74) is 4.78. The molecule has 0 N–H and O–H groups in total. The fraction of sp³-hybridized carbons (Fsp3) is 0.273. The molecule has 0 spiro atoms. The van der Waals surface area contributed by atoms with E-state index in [0.717, 1.165) is 33.5 Å². The van der Waals surface area contributed by atoms with Crippen LogP contribution in [0.15, 0.2) is 48.8 Å². The van der Waals surface area contributed by atoms with E-state index in [1.165, 1.54) is 11.8 Å². The van der Waals surface area contributed by atoms with Gasteiger partial charge < -0.3 is 4.74 Å². The third-order valence-electron chi connectivity index (χ3n) is 4.87. The molecule has 160 valence electrons. The number of rotatable bonds is 6. The molecule has 31 heavy (non-hydrogen) atoms. The Hall–Kier alpha value is -3.49. The van der Waals surface area contributed by atoms with Crippen LogP contribution in [0.5, 0.6) is 5.88 Å². The van der Waals surface area contributed by atoms with Crippen LogP contribution in [0.3, 0.4) is 0 Å². The van der Waals surface area contributed by atoms with Gasteiger partial charge in [0.1, 0.15) is 0 Å². The highest BCUT2D eigenvalue weighted by Gasteiger charge is 2.26. The van der Waals surface area contributed by atoms with E-state index in [9.17, 15) is 13.2 Å². The van der Waals surface area contributed by atoms with Crippen LogP contribution in [-0.4, -0.2) is 38.2 Å². The Labute approximate surface area is 176 Å². The number of nitrogens with zero attached hydrogens (tertiary/aromatic N) is 5. The zero-order chi connectivity index (χ0) is 22.0. The van der Waals surface area contributed by atoms with Gasteiger partial charge in [-0.15, -0.1) is 10.2 Å². The molecule has 6 nitrogen and oxygen atoms in total. The van der Waals surface area contributed by atoms with Crippen LogP contribution >= 0.6 is 0 Å².